The van der Waals surface area contributed by atoms with Crippen LogP contribution in [0.4, 0.5) is 0 Å². The van der Waals surface area contributed by atoms with E-state index in [0.29, 0.717) is 24.3 Å². The first kappa shape index (κ1) is 17.1. The van der Waals surface area contributed by atoms with Gasteiger partial charge in [0.05, 0.1) is 17.4 Å². The Balaban J connectivity index is 1.96. The summed E-state index contributed by atoms with van der Waals surface area (Å²) in [4.78, 5) is 16.4. The highest BCUT2D eigenvalue weighted by Gasteiger charge is 2.11. The zero-order chi connectivity index (χ0) is 17.0. The molecule has 2 N–H and O–H groups in total. The van der Waals surface area contributed by atoms with E-state index in [1.165, 1.54) is 0 Å². The fraction of sp³-hybridized carbons (Fsp3) is 0.471. The third-order valence-corrected chi connectivity index (χ3v) is 3.73. The lowest BCUT2D eigenvalue weighted by molar-refractivity contribution is 0.0920. The molecule has 0 saturated heterocycles. The number of rotatable bonds is 6. The van der Waals surface area contributed by atoms with Crippen LogP contribution in [0.2, 0.25) is 0 Å². The molecule has 6 nitrogen and oxygen atoms in total. The van der Waals surface area contributed by atoms with E-state index in [0.717, 1.165) is 11.4 Å². The Labute approximate surface area is 136 Å². The summed E-state index contributed by atoms with van der Waals surface area (Å²) in [6.07, 6.45) is 1.68. The maximum Gasteiger partial charge on any atom is 0.252 e. The van der Waals surface area contributed by atoms with Gasteiger partial charge >= 0.3 is 0 Å². The molecule has 2 heterocycles. The molecule has 0 saturated carbocycles. The average molecular weight is 316 g/mol. The van der Waals surface area contributed by atoms with E-state index in [-0.39, 0.29) is 11.8 Å². The molecule has 1 atom stereocenters. The second-order valence-electron chi connectivity index (χ2n) is 6.10. The van der Waals surface area contributed by atoms with Gasteiger partial charge in [0.25, 0.3) is 5.91 Å². The maximum atomic E-state index is 12.1. The minimum Gasteiger partial charge on any atom is -0.393 e. The van der Waals surface area contributed by atoms with E-state index >= 15 is 0 Å². The molecule has 6 heteroatoms. The summed E-state index contributed by atoms with van der Waals surface area (Å²) < 4.78 is 1.75. The quantitative estimate of drug-likeness (QED) is 0.854. The van der Waals surface area contributed by atoms with Crippen LogP contribution >= 0.6 is 0 Å². The van der Waals surface area contributed by atoms with Crippen molar-refractivity contribution in [1.29, 1.82) is 0 Å². The lowest BCUT2D eigenvalue weighted by Crippen LogP contribution is -2.28. The first-order valence-electron chi connectivity index (χ1n) is 7.84. The summed E-state index contributed by atoms with van der Waals surface area (Å²) >= 11 is 0. The minimum absolute atomic E-state index is 0.187. The van der Waals surface area contributed by atoms with E-state index in [9.17, 15) is 9.90 Å². The summed E-state index contributed by atoms with van der Waals surface area (Å²) in [5.41, 5.74) is 2.42. The van der Waals surface area contributed by atoms with Crippen LogP contribution in [0.15, 0.2) is 24.4 Å². The molecule has 124 valence electrons. The van der Waals surface area contributed by atoms with Crippen molar-refractivity contribution in [2.24, 2.45) is 5.92 Å². The molecule has 0 aromatic carbocycles. The topological polar surface area (TPSA) is 80.0 Å². The second-order valence-corrected chi connectivity index (χ2v) is 6.10. The molecule has 1 unspecified atom stereocenters. The molecule has 2 rings (SSSR count). The number of nitrogens with zero attached hydrogens (tertiary/aromatic N) is 3. The molecule has 23 heavy (non-hydrogen) atoms. The Morgan fingerprint density at radius 3 is 2.61 bits per heavy atom. The first-order chi connectivity index (χ1) is 10.9. The van der Waals surface area contributed by atoms with Crippen LogP contribution in [-0.2, 0) is 0 Å². The van der Waals surface area contributed by atoms with E-state index < -0.39 is 6.10 Å². The maximum absolute atomic E-state index is 12.1. The third kappa shape index (κ3) is 4.39. The van der Waals surface area contributed by atoms with Gasteiger partial charge in [-0.15, -0.1) is 0 Å². The number of aliphatic hydroxyl groups excluding tert-OH is 1. The fourth-order valence-electron chi connectivity index (χ4n) is 2.28. The number of aromatic nitrogens is 3. The van der Waals surface area contributed by atoms with Gasteiger partial charge in [-0.25, -0.2) is 9.67 Å². The van der Waals surface area contributed by atoms with Crippen LogP contribution < -0.4 is 5.32 Å². The normalized spacial score (nSPS) is 12.4. The van der Waals surface area contributed by atoms with E-state index in [2.05, 4.69) is 15.4 Å². The number of hydrogen-bond acceptors (Lipinski definition) is 4. The van der Waals surface area contributed by atoms with Gasteiger partial charge in [-0.1, -0.05) is 13.8 Å². The Morgan fingerprint density at radius 1 is 1.35 bits per heavy atom. The number of pyridine rings is 1. The van der Waals surface area contributed by atoms with Gasteiger partial charge in [0.2, 0.25) is 0 Å². The number of aliphatic hydroxyl groups is 1. The first-order valence-corrected chi connectivity index (χ1v) is 7.84. The third-order valence-electron chi connectivity index (χ3n) is 3.73. The second kappa shape index (κ2) is 7.37. The summed E-state index contributed by atoms with van der Waals surface area (Å²) in [5, 5.41) is 16.9. The van der Waals surface area contributed by atoms with Crippen LogP contribution in [0.25, 0.3) is 5.82 Å². The molecule has 0 bridgehead atoms. The van der Waals surface area contributed by atoms with Crippen molar-refractivity contribution in [3.8, 4) is 5.82 Å². The van der Waals surface area contributed by atoms with Crippen molar-refractivity contribution in [3.05, 3.63) is 41.3 Å². The Kier molecular flexibility index (Phi) is 5.50. The lowest BCUT2D eigenvalue weighted by Gasteiger charge is -2.14. The lowest BCUT2D eigenvalue weighted by atomic mass is 10.0. The van der Waals surface area contributed by atoms with Crippen molar-refractivity contribution in [2.45, 2.75) is 40.2 Å². The molecule has 0 fully saturated rings. The highest BCUT2D eigenvalue weighted by atomic mass is 16.3. The number of hydrogen-bond donors (Lipinski definition) is 2. The van der Waals surface area contributed by atoms with E-state index in [1.807, 2.05) is 33.8 Å². The zero-order valence-corrected chi connectivity index (χ0v) is 14.1. The molecular formula is C17H24N4O2. The zero-order valence-electron chi connectivity index (χ0n) is 14.1. The number of carbonyl (C=O) groups is 1. The van der Waals surface area contributed by atoms with Gasteiger partial charge in [-0.2, -0.15) is 5.10 Å². The number of carbonyl (C=O) groups excluding carboxylic acids is 1. The number of amides is 1. The van der Waals surface area contributed by atoms with Gasteiger partial charge < -0.3 is 10.4 Å². The Bertz CT molecular complexity index is 662. The fourth-order valence-corrected chi connectivity index (χ4v) is 2.28. The number of nitrogens with one attached hydrogen (secondary N) is 1. The summed E-state index contributed by atoms with van der Waals surface area (Å²) in [6, 6.07) is 5.48. The van der Waals surface area contributed by atoms with Crippen molar-refractivity contribution >= 4 is 5.91 Å². The van der Waals surface area contributed by atoms with Crippen molar-refractivity contribution in [3.63, 3.8) is 0 Å². The molecule has 1 amide bonds. The smallest absolute Gasteiger partial charge is 0.252 e. The molecule has 2 aromatic heterocycles. The van der Waals surface area contributed by atoms with Crippen LogP contribution in [0.1, 0.15) is 42.0 Å². The largest absolute Gasteiger partial charge is 0.393 e. The van der Waals surface area contributed by atoms with Crippen LogP contribution in [-0.4, -0.2) is 38.4 Å². The van der Waals surface area contributed by atoms with Gasteiger partial charge in [0, 0.05) is 18.4 Å². The van der Waals surface area contributed by atoms with Gasteiger partial charge in [0.1, 0.15) is 0 Å². The van der Waals surface area contributed by atoms with E-state index in [1.54, 1.807) is 23.0 Å². The molecular weight excluding hydrogens is 292 g/mol. The van der Waals surface area contributed by atoms with Gasteiger partial charge in [-0.05, 0) is 44.4 Å². The van der Waals surface area contributed by atoms with Gasteiger partial charge in [0.15, 0.2) is 5.82 Å². The molecule has 0 aliphatic heterocycles. The van der Waals surface area contributed by atoms with Crippen LogP contribution in [0.5, 0.6) is 0 Å². The molecule has 0 aliphatic carbocycles. The average Bonchev–Trinajstić information content (AvgIpc) is 2.85. The van der Waals surface area contributed by atoms with Crippen molar-refractivity contribution in [1.82, 2.24) is 20.1 Å². The highest BCUT2D eigenvalue weighted by Crippen LogP contribution is 2.10. The summed E-state index contributed by atoms with van der Waals surface area (Å²) in [5.74, 6) is 0.685. The van der Waals surface area contributed by atoms with Crippen LogP contribution in [0, 0.1) is 19.8 Å². The Hall–Kier alpha value is -2.21. The minimum atomic E-state index is -0.401. The Morgan fingerprint density at radius 2 is 2.09 bits per heavy atom. The molecule has 0 aliphatic rings. The molecule has 0 radical (unpaired) electrons. The monoisotopic (exact) mass is 316 g/mol. The predicted octanol–water partition coefficient (Wildman–Crippen LogP) is 2.02. The van der Waals surface area contributed by atoms with E-state index in [4.69, 9.17) is 0 Å². The van der Waals surface area contributed by atoms with Gasteiger partial charge in [-0.3, -0.25) is 4.79 Å². The predicted molar refractivity (Wildman–Crippen MR) is 88.6 cm³/mol. The van der Waals surface area contributed by atoms with Crippen molar-refractivity contribution in [2.75, 3.05) is 6.54 Å². The summed E-state index contributed by atoms with van der Waals surface area (Å²) in [7, 11) is 0. The van der Waals surface area contributed by atoms with Crippen molar-refractivity contribution < 1.29 is 9.90 Å². The molecule has 2 aromatic rings. The summed E-state index contributed by atoms with van der Waals surface area (Å²) in [6.45, 7) is 8.23. The van der Waals surface area contributed by atoms with Crippen LogP contribution in [0.3, 0.4) is 0 Å². The molecule has 0 spiro atoms. The number of aryl methyl sites for hydroxylation is 2. The highest BCUT2D eigenvalue weighted by molar-refractivity contribution is 5.93. The standard InChI is InChI=1S/C17H24N4O2/c1-11(2)15(22)7-8-18-17(23)14-5-6-16(19-10-14)21-13(4)9-12(3)20-21/h5-6,9-11,15,22H,7-8H2,1-4H3,(H,18,23). The SMILES string of the molecule is Cc1cc(C)n(-c2ccc(C(=O)NCCC(O)C(C)C)cn2)n1.